The Labute approximate surface area is 144 Å². The van der Waals surface area contributed by atoms with Gasteiger partial charge in [-0.15, -0.1) is 0 Å². The Balaban J connectivity index is 1.84. The number of carbonyl (C=O) groups is 1. The van der Waals surface area contributed by atoms with Crippen LogP contribution in [0.2, 0.25) is 0 Å². The van der Waals surface area contributed by atoms with Crippen molar-refractivity contribution in [2.24, 2.45) is 5.92 Å². The van der Waals surface area contributed by atoms with E-state index in [0.29, 0.717) is 11.7 Å². The summed E-state index contributed by atoms with van der Waals surface area (Å²) in [5.41, 5.74) is 0.802. The molecule has 2 aromatic carbocycles. The smallest absolute Gasteiger partial charge is 0.254 e. The number of hydrogen-bond acceptors (Lipinski definition) is 4. The van der Waals surface area contributed by atoms with Gasteiger partial charge in [0.1, 0.15) is 11.9 Å². The van der Waals surface area contributed by atoms with E-state index in [9.17, 15) is 9.18 Å². The molecule has 1 amide bonds. The van der Waals surface area contributed by atoms with Crippen LogP contribution in [0.3, 0.4) is 0 Å². The lowest BCUT2D eigenvalue weighted by Crippen LogP contribution is -2.32. The Morgan fingerprint density at radius 2 is 1.76 bits per heavy atom. The van der Waals surface area contributed by atoms with E-state index < -0.39 is 17.8 Å². The molecule has 0 aliphatic carbocycles. The normalized spacial score (nSPS) is 12.2. The maximum atomic E-state index is 13.8. The van der Waals surface area contributed by atoms with Crippen LogP contribution in [0.15, 0.2) is 59.1 Å². The van der Waals surface area contributed by atoms with Crippen molar-refractivity contribution in [2.75, 3.05) is 0 Å². The summed E-state index contributed by atoms with van der Waals surface area (Å²) in [6, 6.07) is 14.7. The lowest BCUT2D eigenvalue weighted by atomic mass is 10.0. The molecule has 0 aliphatic heterocycles. The minimum absolute atomic E-state index is 0.0141. The first-order valence-electron chi connectivity index (χ1n) is 8.00. The van der Waals surface area contributed by atoms with Gasteiger partial charge in [-0.25, -0.2) is 4.39 Å². The monoisotopic (exact) mass is 339 g/mol. The van der Waals surface area contributed by atoms with Gasteiger partial charge in [-0.2, -0.15) is 4.98 Å². The number of nitrogens with zero attached hydrogens (tertiary/aromatic N) is 2. The van der Waals surface area contributed by atoms with Crippen molar-refractivity contribution in [3.8, 4) is 11.4 Å². The number of benzene rings is 2. The summed E-state index contributed by atoms with van der Waals surface area (Å²) in [4.78, 5) is 16.8. The average Bonchev–Trinajstić information content (AvgIpc) is 3.10. The first kappa shape index (κ1) is 16.8. The molecule has 0 saturated carbocycles. The molecule has 1 N–H and O–H groups in total. The van der Waals surface area contributed by atoms with Gasteiger partial charge in [0, 0.05) is 5.56 Å². The Morgan fingerprint density at radius 3 is 2.44 bits per heavy atom. The van der Waals surface area contributed by atoms with E-state index in [4.69, 9.17) is 4.52 Å². The van der Waals surface area contributed by atoms with Crippen LogP contribution in [0.25, 0.3) is 11.4 Å². The SMILES string of the molecule is CC(C)C(NC(=O)c1ccccc1F)c1nc(-c2ccccc2)no1. The van der Waals surface area contributed by atoms with Crippen LogP contribution in [-0.2, 0) is 0 Å². The van der Waals surface area contributed by atoms with Gasteiger partial charge >= 0.3 is 0 Å². The fourth-order valence-corrected chi connectivity index (χ4v) is 2.44. The van der Waals surface area contributed by atoms with E-state index in [-0.39, 0.29) is 11.5 Å². The van der Waals surface area contributed by atoms with Crippen molar-refractivity contribution in [1.82, 2.24) is 15.5 Å². The van der Waals surface area contributed by atoms with Gasteiger partial charge in [-0.05, 0) is 18.1 Å². The quantitative estimate of drug-likeness (QED) is 0.763. The lowest BCUT2D eigenvalue weighted by Gasteiger charge is -2.18. The molecule has 25 heavy (non-hydrogen) atoms. The molecule has 0 saturated heterocycles. The first-order valence-corrected chi connectivity index (χ1v) is 8.00. The van der Waals surface area contributed by atoms with Crippen molar-refractivity contribution in [2.45, 2.75) is 19.9 Å². The fraction of sp³-hybridized carbons (Fsp3) is 0.211. The van der Waals surface area contributed by atoms with Crippen molar-refractivity contribution in [3.05, 3.63) is 71.9 Å². The molecule has 6 heteroatoms. The molecule has 0 fully saturated rings. The Hall–Kier alpha value is -3.02. The molecule has 0 aliphatic rings. The molecule has 0 spiro atoms. The van der Waals surface area contributed by atoms with Gasteiger partial charge in [0.15, 0.2) is 0 Å². The van der Waals surface area contributed by atoms with Gasteiger partial charge in [0.05, 0.1) is 5.56 Å². The standard InChI is InChI=1S/C19H18FN3O2/c1-12(2)16(21-18(24)14-10-6-7-11-15(14)20)19-22-17(23-25-19)13-8-4-3-5-9-13/h3-12,16H,1-2H3,(H,21,24). The molecular weight excluding hydrogens is 321 g/mol. The number of rotatable bonds is 5. The first-order chi connectivity index (χ1) is 12.1. The zero-order valence-electron chi connectivity index (χ0n) is 13.9. The maximum absolute atomic E-state index is 13.8. The number of nitrogens with one attached hydrogen (secondary N) is 1. The third-order valence-electron chi connectivity index (χ3n) is 3.81. The second-order valence-corrected chi connectivity index (χ2v) is 6.00. The molecule has 5 nitrogen and oxygen atoms in total. The van der Waals surface area contributed by atoms with Crippen molar-refractivity contribution < 1.29 is 13.7 Å². The summed E-state index contributed by atoms with van der Waals surface area (Å²) in [5, 5.41) is 6.76. The van der Waals surface area contributed by atoms with Crippen LogP contribution in [0, 0.1) is 11.7 Å². The van der Waals surface area contributed by atoms with Crippen LogP contribution in [0.4, 0.5) is 4.39 Å². The molecular formula is C19H18FN3O2. The molecule has 0 radical (unpaired) electrons. The Bertz CT molecular complexity index is 862. The van der Waals surface area contributed by atoms with Crippen LogP contribution < -0.4 is 5.32 Å². The molecule has 128 valence electrons. The molecule has 3 rings (SSSR count). The van der Waals surface area contributed by atoms with Crippen molar-refractivity contribution in [1.29, 1.82) is 0 Å². The number of aromatic nitrogens is 2. The molecule has 1 atom stereocenters. The molecule has 1 heterocycles. The summed E-state index contributed by atoms with van der Waals surface area (Å²) in [6.45, 7) is 3.83. The topological polar surface area (TPSA) is 68.0 Å². The molecule has 1 aromatic heterocycles. The summed E-state index contributed by atoms with van der Waals surface area (Å²) in [5.74, 6) is -0.367. The van der Waals surface area contributed by atoms with Crippen molar-refractivity contribution >= 4 is 5.91 Å². The fourth-order valence-electron chi connectivity index (χ4n) is 2.44. The Kier molecular flexibility index (Phi) is 4.88. The summed E-state index contributed by atoms with van der Waals surface area (Å²) in [6.07, 6.45) is 0. The maximum Gasteiger partial charge on any atom is 0.254 e. The predicted octanol–water partition coefficient (Wildman–Crippen LogP) is 4.00. The van der Waals surface area contributed by atoms with Gasteiger partial charge in [-0.3, -0.25) is 4.79 Å². The van der Waals surface area contributed by atoms with E-state index in [1.54, 1.807) is 6.07 Å². The zero-order chi connectivity index (χ0) is 17.8. The minimum atomic E-state index is -0.571. The average molecular weight is 339 g/mol. The number of carbonyl (C=O) groups excluding carboxylic acids is 1. The second kappa shape index (κ2) is 7.25. The zero-order valence-corrected chi connectivity index (χ0v) is 13.9. The molecule has 3 aromatic rings. The van der Waals surface area contributed by atoms with Gasteiger partial charge in [-0.1, -0.05) is 61.5 Å². The van der Waals surface area contributed by atoms with Gasteiger partial charge in [0.25, 0.3) is 5.91 Å². The third kappa shape index (κ3) is 3.74. The molecule has 0 bridgehead atoms. The van der Waals surface area contributed by atoms with Crippen LogP contribution in [-0.4, -0.2) is 16.0 Å². The highest BCUT2D eigenvalue weighted by atomic mass is 19.1. The van der Waals surface area contributed by atoms with Crippen LogP contribution in [0.1, 0.15) is 36.1 Å². The predicted molar refractivity (Wildman–Crippen MR) is 91.2 cm³/mol. The van der Waals surface area contributed by atoms with Gasteiger partial charge in [0.2, 0.25) is 11.7 Å². The third-order valence-corrected chi connectivity index (χ3v) is 3.81. The summed E-state index contributed by atoms with van der Waals surface area (Å²) >= 11 is 0. The van der Waals surface area contributed by atoms with Crippen molar-refractivity contribution in [3.63, 3.8) is 0 Å². The summed E-state index contributed by atoms with van der Waals surface area (Å²) < 4.78 is 19.1. The van der Waals surface area contributed by atoms with E-state index in [1.165, 1.54) is 18.2 Å². The van der Waals surface area contributed by atoms with E-state index in [0.717, 1.165) is 5.56 Å². The highest BCUT2D eigenvalue weighted by molar-refractivity contribution is 5.94. The van der Waals surface area contributed by atoms with Crippen LogP contribution >= 0.6 is 0 Å². The number of amides is 1. The lowest BCUT2D eigenvalue weighted by molar-refractivity contribution is 0.0910. The highest BCUT2D eigenvalue weighted by Crippen LogP contribution is 2.24. The largest absolute Gasteiger partial charge is 0.340 e. The number of hydrogen-bond donors (Lipinski definition) is 1. The van der Waals surface area contributed by atoms with Crippen LogP contribution in [0.5, 0.6) is 0 Å². The number of halogens is 1. The summed E-state index contributed by atoms with van der Waals surface area (Å²) in [7, 11) is 0. The van der Waals surface area contributed by atoms with E-state index in [1.807, 2.05) is 44.2 Å². The molecule has 1 unspecified atom stereocenters. The Morgan fingerprint density at radius 1 is 1.08 bits per heavy atom. The highest BCUT2D eigenvalue weighted by Gasteiger charge is 2.26. The van der Waals surface area contributed by atoms with Gasteiger partial charge < -0.3 is 9.84 Å². The minimum Gasteiger partial charge on any atom is -0.340 e. The second-order valence-electron chi connectivity index (χ2n) is 6.00. The van der Waals surface area contributed by atoms with E-state index >= 15 is 0 Å². The van der Waals surface area contributed by atoms with E-state index in [2.05, 4.69) is 15.5 Å².